The van der Waals surface area contributed by atoms with Crippen LogP contribution in [0.3, 0.4) is 0 Å². The molecule has 0 spiro atoms. The van der Waals surface area contributed by atoms with Crippen molar-refractivity contribution in [3.63, 3.8) is 0 Å². The first-order valence-corrected chi connectivity index (χ1v) is 7.38. The van der Waals surface area contributed by atoms with Crippen molar-refractivity contribution in [1.29, 1.82) is 0 Å². The molecule has 0 aliphatic heterocycles. The number of nitrogen functional groups attached to an aromatic ring is 1. The molecule has 0 aliphatic carbocycles. The van der Waals surface area contributed by atoms with Gasteiger partial charge in [0.2, 0.25) is 5.95 Å². The first-order valence-electron chi connectivity index (χ1n) is 7.38. The van der Waals surface area contributed by atoms with Crippen LogP contribution in [0, 0.1) is 0 Å². The van der Waals surface area contributed by atoms with E-state index in [-0.39, 0.29) is 0 Å². The molecular formula is C14H27N5. The van der Waals surface area contributed by atoms with Crippen molar-refractivity contribution in [3.8, 4) is 0 Å². The Balaban J connectivity index is 2.25. The van der Waals surface area contributed by atoms with Gasteiger partial charge in [0.25, 0.3) is 0 Å². The van der Waals surface area contributed by atoms with Gasteiger partial charge in [-0.2, -0.15) is 9.97 Å². The van der Waals surface area contributed by atoms with Crippen LogP contribution in [-0.4, -0.2) is 23.1 Å². The molecule has 1 heterocycles. The molecule has 0 aromatic carbocycles. The molecule has 0 saturated heterocycles. The summed E-state index contributed by atoms with van der Waals surface area (Å²) in [4.78, 5) is 8.30. The number of nitrogens with two attached hydrogens (primary N) is 1. The van der Waals surface area contributed by atoms with Gasteiger partial charge in [-0.3, -0.25) is 0 Å². The second-order valence-corrected chi connectivity index (χ2v) is 4.72. The lowest BCUT2D eigenvalue weighted by atomic mass is 10.1. The summed E-state index contributed by atoms with van der Waals surface area (Å²) in [5, 5.41) is 6.45. The van der Waals surface area contributed by atoms with Gasteiger partial charge in [0.05, 0.1) is 0 Å². The van der Waals surface area contributed by atoms with Crippen molar-refractivity contribution in [2.45, 2.75) is 52.4 Å². The van der Waals surface area contributed by atoms with Crippen molar-refractivity contribution in [2.24, 2.45) is 0 Å². The third-order valence-electron chi connectivity index (χ3n) is 2.94. The molecule has 0 atom stereocenters. The van der Waals surface area contributed by atoms with Gasteiger partial charge >= 0.3 is 0 Å². The molecule has 5 heteroatoms. The lowest BCUT2D eigenvalue weighted by Gasteiger charge is -2.08. The molecule has 1 rings (SSSR count). The van der Waals surface area contributed by atoms with Crippen LogP contribution in [0.25, 0.3) is 0 Å². The highest BCUT2D eigenvalue weighted by atomic mass is 15.1. The van der Waals surface area contributed by atoms with Crippen LogP contribution < -0.4 is 16.4 Å². The van der Waals surface area contributed by atoms with Gasteiger partial charge in [0.15, 0.2) is 0 Å². The van der Waals surface area contributed by atoms with Gasteiger partial charge in [-0.25, -0.2) is 0 Å². The number of unbranched alkanes of at least 4 members (excludes halogenated alkanes) is 5. The minimum atomic E-state index is 0.309. The molecule has 0 fully saturated rings. The maximum Gasteiger partial charge on any atom is 0.223 e. The normalized spacial score (nSPS) is 10.4. The van der Waals surface area contributed by atoms with Gasteiger partial charge in [0, 0.05) is 19.2 Å². The minimum absolute atomic E-state index is 0.309. The summed E-state index contributed by atoms with van der Waals surface area (Å²) >= 11 is 0. The van der Waals surface area contributed by atoms with Crippen molar-refractivity contribution in [2.75, 3.05) is 29.5 Å². The third-order valence-corrected chi connectivity index (χ3v) is 2.94. The highest BCUT2D eigenvalue weighted by Gasteiger charge is 2.00. The number of hydrogen-bond donors (Lipinski definition) is 3. The Labute approximate surface area is 116 Å². The molecule has 0 aliphatic rings. The average Bonchev–Trinajstić information content (AvgIpc) is 2.37. The topological polar surface area (TPSA) is 75.9 Å². The van der Waals surface area contributed by atoms with E-state index in [1.807, 2.05) is 13.0 Å². The number of hydrogen-bond acceptors (Lipinski definition) is 5. The quantitative estimate of drug-likeness (QED) is 0.566. The Morgan fingerprint density at radius 2 is 1.58 bits per heavy atom. The number of nitrogens with zero attached hydrogens (tertiary/aromatic N) is 2. The number of nitrogens with one attached hydrogen (secondary N) is 2. The number of anilines is 3. The van der Waals surface area contributed by atoms with Crippen molar-refractivity contribution in [3.05, 3.63) is 6.07 Å². The number of rotatable bonds is 10. The molecule has 4 N–H and O–H groups in total. The summed E-state index contributed by atoms with van der Waals surface area (Å²) in [6.07, 6.45) is 7.76. The van der Waals surface area contributed by atoms with E-state index in [0.29, 0.717) is 5.95 Å². The lowest BCUT2D eigenvalue weighted by Crippen LogP contribution is -2.08. The Hall–Kier alpha value is -1.52. The molecule has 0 radical (unpaired) electrons. The lowest BCUT2D eigenvalue weighted by molar-refractivity contribution is 0.617. The predicted octanol–water partition coefficient (Wildman–Crippen LogP) is 3.26. The summed E-state index contributed by atoms with van der Waals surface area (Å²) in [6.45, 7) is 6.03. The summed E-state index contributed by atoms with van der Waals surface area (Å²) in [5.41, 5.74) is 5.67. The van der Waals surface area contributed by atoms with Crippen LogP contribution in [-0.2, 0) is 0 Å². The van der Waals surface area contributed by atoms with Crippen LogP contribution in [0.1, 0.15) is 52.4 Å². The monoisotopic (exact) mass is 265 g/mol. The van der Waals surface area contributed by atoms with Crippen molar-refractivity contribution < 1.29 is 0 Å². The smallest absolute Gasteiger partial charge is 0.223 e. The second kappa shape index (κ2) is 9.42. The predicted molar refractivity (Wildman–Crippen MR) is 82.5 cm³/mol. The maximum absolute atomic E-state index is 5.67. The van der Waals surface area contributed by atoms with Crippen LogP contribution in [0.2, 0.25) is 0 Å². The fourth-order valence-electron chi connectivity index (χ4n) is 1.95. The molecule has 0 bridgehead atoms. The zero-order valence-corrected chi connectivity index (χ0v) is 12.2. The van der Waals surface area contributed by atoms with Crippen LogP contribution >= 0.6 is 0 Å². The molecule has 5 nitrogen and oxygen atoms in total. The van der Waals surface area contributed by atoms with E-state index in [4.69, 9.17) is 5.73 Å². The third kappa shape index (κ3) is 6.84. The first-order chi connectivity index (χ1) is 9.26. The van der Waals surface area contributed by atoms with Gasteiger partial charge in [0.1, 0.15) is 11.6 Å². The van der Waals surface area contributed by atoms with Crippen LogP contribution in [0.15, 0.2) is 6.07 Å². The zero-order valence-electron chi connectivity index (χ0n) is 12.2. The van der Waals surface area contributed by atoms with E-state index in [2.05, 4.69) is 27.5 Å². The van der Waals surface area contributed by atoms with E-state index in [0.717, 1.165) is 24.7 Å². The molecule has 0 saturated carbocycles. The van der Waals surface area contributed by atoms with Crippen LogP contribution in [0.4, 0.5) is 17.6 Å². The molecule has 108 valence electrons. The molecule has 19 heavy (non-hydrogen) atoms. The van der Waals surface area contributed by atoms with Gasteiger partial charge in [-0.05, 0) is 13.3 Å². The highest BCUT2D eigenvalue weighted by molar-refractivity contribution is 5.50. The van der Waals surface area contributed by atoms with Crippen molar-refractivity contribution >= 4 is 17.6 Å². The van der Waals surface area contributed by atoms with Crippen LogP contribution in [0.5, 0.6) is 0 Å². The SMILES string of the molecule is CCCCCCCCNc1cc(NCC)nc(N)n1. The Kier molecular flexibility index (Phi) is 7.70. The fourth-order valence-corrected chi connectivity index (χ4v) is 1.95. The minimum Gasteiger partial charge on any atom is -0.370 e. The van der Waals surface area contributed by atoms with Gasteiger partial charge in [-0.1, -0.05) is 39.0 Å². The highest BCUT2D eigenvalue weighted by Crippen LogP contribution is 2.12. The van der Waals surface area contributed by atoms with E-state index < -0.39 is 0 Å². The van der Waals surface area contributed by atoms with E-state index >= 15 is 0 Å². The second-order valence-electron chi connectivity index (χ2n) is 4.72. The van der Waals surface area contributed by atoms with Gasteiger partial charge < -0.3 is 16.4 Å². The van der Waals surface area contributed by atoms with Gasteiger partial charge in [-0.15, -0.1) is 0 Å². The fraction of sp³-hybridized carbons (Fsp3) is 0.714. The summed E-state index contributed by atoms with van der Waals surface area (Å²) in [5.74, 6) is 1.89. The summed E-state index contributed by atoms with van der Waals surface area (Å²) in [6, 6.07) is 1.90. The maximum atomic E-state index is 5.67. The first kappa shape index (κ1) is 15.5. The zero-order chi connectivity index (χ0) is 13.9. The molecule has 0 unspecified atom stereocenters. The molecule has 1 aromatic rings. The summed E-state index contributed by atoms with van der Waals surface area (Å²) in [7, 11) is 0. The standard InChI is InChI=1S/C14H27N5/c1-3-5-6-7-8-9-10-17-13-11-12(16-4-2)18-14(15)19-13/h11H,3-10H2,1-2H3,(H4,15,16,17,18,19). The van der Waals surface area contributed by atoms with E-state index in [1.165, 1.54) is 38.5 Å². The largest absolute Gasteiger partial charge is 0.370 e. The molecule has 0 amide bonds. The van der Waals surface area contributed by atoms with Crippen molar-refractivity contribution in [1.82, 2.24) is 9.97 Å². The molecular weight excluding hydrogens is 238 g/mol. The Morgan fingerprint density at radius 3 is 2.26 bits per heavy atom. The Morgan fingerprint density at radius 1 is 0.947 bits per heavy atom. The summed E-state index contributed by atoms with van der Waals surface area (Å²) < 4.78 is 0. The Bertz CT molecular complexity index is 354. The molecule has 1 aromatic heterocycles. The average molecular weight is 265 g/mol. The van der Waals surface area contributed by atoms with E-state index in [9.17, 15) is 0 Å². The number of aromatic nitrogens is 2. The van der Waals surface area contributed by atoms with E-state index in [1.54, 1.807) is 0 Å².